The van der Waals surface area contributed by atoms with Crippen LogP contribution in [0.3, 0.4) is 0 Å². The monoisotopic (exact) mass is 216 g/mol. The molecule has 3 nitrogen and oxygen atoms in total. The average molecular weight is 216 g/mol. The van der Waals surface area contributed by atoms with Crippen molar-refractivity contribution in [3.63, 3.8) is 0 Å². The summed E-state index contributed by atoms with van der Waals surface area (Å²) in [7, 11) is 0. The zero-order valence-electron chi connectivity index (χ0n) is 9.51. The molecule has 0 bridgehead atoms. The third kappa shape index (κ3) is 1.76. The van der Waals surface area contributed by atoms with E-state index in [4.69, 9.17) is 5.73 Å². The van der Waals surface area contributed by atoms with Crippen molar-refractivity contribution in [3.05, 3.63) is 36.4 Å². The van der Waals surface area contributed by atoms with Crippen molar-refractivity contribution >= 4 is 5.82 Å². The maximum atomic E-state index is 9.47. The highest BCUT2D eigenvalue weighted by Crippen LogP contribution is 2.29. The number of benzene rings is 1. The van der Waals surface area contributed by atoms with E-state index in [1.807, 2.05) is 24.3 Å². The van der Waals surface area contributed by atoms with E-state index in [1.165, 1.54) is 0 Å². The van der Waals surface area contributed by atoms with Crippen molar-refractivity contribution in [2.24, 2.45) is 0 Å². The third-order valence-electron chi connectivity index (χ3n) is 2.61. The van der Waals surface area contributed by atoms with Crippen LogP contribution in [0.4, 0.5) is 5.82 Å². The number of phenols is 1. The molecule has 0 unspecified atom stereocenters. The molecule has 3 N–H and O–H groups in total. The summed E-state index contributed by atoms with van der Waals surface area (Å²) in [4.78, 5) is 0. The van der Waals surface area contributed by atoms with E-state index in [0.717, 1.165) is 17.1 Å². The smallest absolute Gasteiger partial charge is 0.116 e. The number of nitrogen functional groups attached to an aromatic ring is 1. The quantitative estimate of drug-likeness (QED) is 0.810. The fraction of sp³-hybridized carbons (Fsp3) is 0.231. The highest BCUT2D eigenvalue weighted by Gasteiger charge is 2.10. The lowest BCUT2D eigenvalue weighted by atomic mass is 10.1. The number of aromatic nitrogens is 1. The maximum absolute atomic E-state index is 9.47. The summed E-state index contributed by atoms with van der Waals surface area (Å²) in [6, 6.07) is 11.4. The van der Waals surface area contributed by atoms with Gasteiger partial charge in [-0.05, 0) is 38.1 Å². The van der Waals surface area contributed by atoms with Crippen LogP contribution in [0.25, 0.3) is 11.3 Å². The van der Waals surface area contributed by atoms with Crippen LogP contribution >= 0.6 is 0 Å². The molecule has 0 amide bonds. The van der Waals surface area contributed by atoms with Gasteiger partial charge >= 0.3 is 0 Å². The Balaban J connectivity index is 2.56. The molecule has 0 aliphatic carbocycles. The number of rotatable bonds is 2. The van der Waals surface area contributed by atoms with Crippen LogP contribution in [0.2, 0.25) is 0 Å². The van der Waals surface area contributed by atoms with Gasteiger partial charge in [0.2, 0.25) is 0 Å². The maximum Gasteiger partial charge on any atom is 0.116 e. The Morgan fingerprint density at radius 1 is 1.19 bits per heavy atom. The van der Waals surface area contributed by atoms with Gasteiger partial charge in [0.1, 0.15) is 11.6 Å². The van der Waals surface area contributed by atoms with Gasteiger partial charge in [-0.3, -0.25) is 0 Å². The SMILES string of the molecule is CC(C)n1c(N)ccc1-c1cccc(O)c1. The molecule has 0 spiro atoms. The first kappa shape index (κ1) is 10.6. The van der Waals surface area contributed by atoms with E-state index in [2.05, 4.69) is 18.4 Å². The molecule has 2 rings (SSSR count). The first-order chi connectivity index (χ1) is 7.59. The lowest BCUT2D eigenvalue weighted by Crippen LogP contribution is -2.06. The Labute approximate surface area is 95.1 Å². The summed E-state index contributed by atoms with van der Waals surface area (Å²) in [6.45, 7) is 4.17. The fourth-order valence-corrected chi connectivity index (χ4v) is 1.94. The molecule has 1 aromatic carbocycles. The Kier molecular flexibility index (Phi) is 2.60. The topological polar surface area (TPSA) is 51.2 Å². The first-order valence-electron chi connectivity index (χ1n) is 5.35. The summed E-state index contributed by atoms with van der Waals surface area (Å²) in [5.41, 5.74) is 7.93. The molecule has 0 aliphatic heterocycles. The molecular formula is C13H16N2O. The van der Waals surface area contributed by atoms with Crippen molar-refractivity contribution in [2.75, 3.05) is 5.73 Å². The average Bonchev–Trinajstić information content (AvgIpc) is 2.60. The molecule has 3 heteroatoms. The second-order valence-electron chi connectivity index (χ2n) is 4.16. The van der Waals surface area contributed by atoms with Crippen LogP contribution in [0.5, 0.6) is 5.75 Å². The zero-order chi connectivity index (χ0) is 11.7. The minimum absolute atomic E-state index is 0.271. The van der Waals surface area contributed by atoms with Gasteiger partial charge in [0, 0.05) is 11.6 Å². The molecule has 2 aromatic rings. The Morgan fingerprint density at radius 2 is 1.94 bits per heavy atom. The molecule has 16 heavy (non-hydrogen) atoms. The van der Waals surface area contributed by atoms with Gasteiger partial charge < -0.3 is 15.4 Å². The highest BCUT2D eigenvalue weighted by molar-refractivity contribution is 5.65. The van der Waals surface area contributed by atoms with Crippen molar-refractivity contribution < 1.29 is 5.11 Å². The van der Waals surface area contributed by atoms with Crippen LogP contribution in [0, 0.1) is 0 Å². The molecule has 0 aliphatic rings. The molecule has 0 saturated heterocycles. The number of hydrogen-bond donors (Lipinski definition) is 2. The highest BCUT2D eigenvalue weighted by atomic mass is 16.3. The normalized spacial score (nSPS) is 10.9. The van der Waals surface area contributed by atoms with E-state index in [9.17, 15) is 5.11 Å². The van der Waals surface area contributed by atoms with Crippen molar-refractivity contribution in [3.8, 4) is 17.0 Å². The number of nitrogens with zero attached hydrogens (tertiary/aromatic N) is 1. The third-order valence-corrected chi connectivity index (χ3v) is 2.61. The first-order valence-corrected chi connectivity index (χ1v) is 5.35. The minimum atomic E-state index is 0.271. The largest absolute Gasteiger partial charge is 0.508 e. The summed E-state index contributed by atoms with van der Waals surface area (Å²) in [6.07, 6.45) is 0. The lowest BCUT2D eigenvalue weighted by Gasteiger charge is -2.15. The summed E-state index contributed by atoms with van der Waals surface area (Å²) < 4.78 is 2.05. The predicted molar refractivity (Wildman–Crippen MR) is 66.3 cm³/mol. The van der Waals surface area contributed by atoms with Gasteiger partial charge in [-0.25, -0.2) is 0 Å². The van der Waals surface area contributed by atoms with Gasteiger partial charge in [0.05, 0.1) is 5.69 Å². The standard InChI is InChI=1S/C13H16N2O/c1-9(2)15-12(6-7-13(15)14)10-4-3-5-11(16)8-10/h3-9,16H,14H2,1-2H3. The number of anilines is 1. The Morgan fingerprint density at radius 3 is 2.56 bits per heavy atom. The number of nitrogens with two attached hydrogens (primary N) is 1. The van der Waals surface area contributed by atoms with Gasteiger partial charge in [0.25, 0.3) is 0 Å². The molecule has 1 aromatic heterocycles. The Hall–Kier alpha value is -1.90. The second-order valence-corrected chi connectivity index (χ2v) is 4.16. The van der Waals surface area contributed by atoms with E-state index in [-0.39, 0.29) is 5.75 Å². The lowest BCUT2D eigenvalue weighted by molar-refractivity contribution is 0.475. The van der Waals surface area contributed by atoms with E-state index < -0.39 is 0 Å². The van der Waals surface area contributed by atoms with Gasteiger partial charge in [-0.15, -0.1) is 0 Å². The molecule has 84 valence electrons. The summed E-state index contributed by atoms with van der Waals surface area (Å²) in [5, 5.41) is 9.47. The van der Waals surface area contributed by atoms with Gasteiger partial charge in [-0.1, -0.05) is 12.1 Å². The van der Waals surface area contributed by atoms with Crippen LogP contribution in [-0.4, -0.2) is 9.67 Å². The molecule has 1 heterocycles. The fourth-order valence-electron chi connectivity index (χ4n) is 1.94. The molecule has 0 saturated carbocycles. The molecular weight excluding hydrogens is 200 g/mol. The summed E-state index contributed by atoms with van der Waals surface area (Å²) >= 11 is 0. The van der Waals surface area contributed by atoms with Crippen LogP contribution in [-0.2, 0) is 0 Å². The van der Waals surface area contributed by atoms with Crippen molar-refractivity contribution in [2.45, 2.75) is 19.9 Å². The predicted octanol–water partition coefficient (Wildman–Crippen LogP) is 3.02. The minimum Gasteiger partial charge on any atom is -0.508 e. The van der Waals surface area contributed by atoms with Gasteiger partial charge in [0.15, 0.2) is 0 Å². The number of aromatic hydroxyl groups is 1. The van der Waals surface area contributed by atoms with E-state index in [0.29, 0.717) is 6.04 Å². The van der Waals surface area contributed by atoms with E-state index >= 15 is 0 Å². The zero-order valence-corrected chi connectivity index (χ0v) is 9.51. The number of hydrogen-bond acceptors (Lipinski definition) is 2. The van der Waals surface area contributed by atoms with Gasteiger partial charge in [-0.2, -0.15) is 0 Å². The molecule has 0 fully saturated rings. The van der Waals surface area contributed by atoms with Crippen molar-refractivity contribution in [1.82, 2.24) is 4.57 Å². The molecule has 0 atom stereocenters. The van der Waals surface area contributed by atoms with Crippen LogP contribution < -0.4 is 5.73 Å². The van der Waals surface area contributed by atoms with Crippen LogP contribution in [0.15, 0.2) is 36.4 Å². The molecule has 0 radical (unpaired) electrons. The number of phenolic OH excluding ortho intramolecular Hbond substituents is 1. The van der Waals surface area contributed by atoms with E-state index in [1.54, 1.807) is 12.1 Å². The Bertz CT molecular complexity index is 500. The van der Waals surface area contributed by atoms with Crippen LogP contribution in [0.1, 0.15) is 19.9 Å². The summed E-state index contributed by atoms with van der Waals surface area (Å²) in [5.74, 6) is 1.01. The van der Waals surface area contributed by atoms with Crippen molar-refractivity contribution in [1.29, 1.82) is 0 Å². The second kappa shape index (κ2) is 3.93.